The Morgan fingerprint density at radius 3 is 2.54 bits per heavy atom. The molecule has 0 saturated carbocycles. The molecule has 0 saturated heterocycles. The summed E-state index contributed by atoms with van der Waals surface area (Å²) < 4.78 is 2.90. The van der Waals surface area contributed by atoms with Crippen LogP contribution in [0.3, 0.4) is 0 Å². The SMILES string of the molecule is Cn1c(=[N-])sc2ccccc21.[Br-].[Mg+2]. The van der Waals surface area contributed by atoms with Crippen LogP contribution in [0, 0.1) is 0 Å². The summed E-state index contributed by atoms with van der Waals surface area (Å²) in [5.74, 6) is 0. The van der Waals surface area contributed by atoms with Crippen LogP contribution in [-0.4, -0.2) is 27.6 Å². The van der Waals surface area contributed by atoms with Gasteiger partial charge >= 0.3 is 23.1 Å². The molecule has 2 rings (SSSR count). The minimum absolute atomic E-state index is 0. The summed E-state index contributed by atoms with van der Waals surface area (Å²) in [6.45, 7) is 0. The third-order valence-electron chi connectivity index (χ3n) is 1.71. The third kappa shape index (κ3) is 2.34. The number of halogens is 1. The fourth-order valence-corrected chi connectivity index (χ4v) is 1.98. The molecule has 0 amide bonds. The average molecular weight is 267 g/mol. The number of benzene rings is 1. The van der Waals surface area contributed by atoms with Crippen LogP contribution >= 0.6 is 11.3 Å². The number of aromatic nitrogens is 1. The van der Waals surface area contributed by atoms with Gasteiger partial charge in [0.15, 0.2) is 0 Å². The van der Waals surface area contributed by atoms with Gasteiger partial charge in [-0.15, -0.1) is 11.3 Å². The predicted molar refractivity (Wildman–Crippen MR) is 53.0 cm³/mol. The standard InChI is InChI=1S/C8H7N2S.BrH.Mg/c1-10-6-4-2-3-5-7(6)11-8(10)9;;/h2-5H,1H3;1H;/q-1;;+2/p-1. The topological polar surface area (TPSA) is 27.2 Å². The number of aryl methyl sites for hydroxylation is 1. The molecule has 2 aromatic rings. The zero-order valence-electron chi connectivity index (χ0n) is 7.20. The zero-order valence-corrected chi connectivity index (χ0v) is 11.0. The van der Waals surface area contributed by atoms with E-state index in [1.165, 1.54) is 11.3 Å². The Morgan fingerprint density at radius 1 is 1.31 bits per heavy atom. The van der Waals surface area contributed by atoms with Crippen molar-refractivity contribution in [3.8, 4) is 0 Å². The molecule has 0 N–H and O–H groups in total. The van der Waals surface area contributed by atoms with Crippen LogP contribution in [0.2, 0.25) is 0 Å². The Labute approximate surface area is 107 Å². The summed E-state index contributed by atoms with van der Waals surface area (Å²) in [6, 6.07) is 7.93. The van der Waals surface area contributed by atoms with E-state index in [9.17, 15) is 5.41 Å². The van der Waals surface area contributed by atoms with E-state index in [2.05, 4.69) is 0 Å². The molecule has 0 aliphatic rings. The molecule has 0 bridgehead atoms. The van der Waals surface area contributed by atoms with E-state index >= 15 is 0 Å². The largest absolute Gasteiger partial charge is 2.00 e. The van der Waals surface area contributed by atoms with Crippen LogP contribution in [0.5, 0.6) is 0 Å². The van der Waals surface area contributed by atoms with Crippen molar-refractivity contribution in [2.45, 2.75) is 0 Å². The Bertz CT molecular complexity index is 449. The van der Waals surface area contributed by atoms with Gasteiger partial charge in [-0.05, 0) is 16.4 Å². The van der Waals surface area contributed by atoms with Gasteiger partial charge in [0.25, 0.3) is 0 Å². The van der Waals surface area contributed by atoms with Crippen molar-refractivity contribution in [1.82, 2.24) is 4.57 Å². The van der Waals surface area contributed by atoms with Crippen molar-refractivity contribution in [3.05, 3.63) is 34.5 Å². The molecule has 1 aromatic heterocycles. The number of thiazole rings is 1. The maximum absolute atomic E-state index is 9.32. The average Bonchev–Trinajstić information content (AvgIpc) is 2.30. The van der Waals surface area contributed by atoms with Crippen molar-refractivity contribution in [3.63, 3.8) is 0 Å². The second-order valence-corrected chi connectivity index (χ2v) is 3.42. The molecule has 64 valence electrons. The predicted octanol–water partition coefficient (Wildman–Crippen LogP) is -1.67. The number of hydrogen-bond acceptors (Lipinski definition) is 1. The second-order valence-electron chi connectivity index (χ2n) is 2.41. The number of nitrogens with zero attached hydrogens (tertiary/aromatic N) is 2. The zero-order chi connectivity index (χ0) is 7.84. The Morgan fingerprint density at radius 2 is 1.92 bits per heavy atom. The molecular formula is C8H7BrMgN2S. The first-order valence-electron chi connectivity index (χ1n) is 3.35. The summed E-state index contributed by atoms with van der Waals surface area (Å²) in [7, 11) is 1.86. The number of rotatable bonds is 0. The minimum atomic E-state index is 0. The van der Waals surface area contributed by atoms with Gasteiger partial charge in [-0.25, -0.2) is 0 Å². The fourth-order valence-electron chi connectivity index (χ4n) is 1.09. The molecule has 0 atom stereocenters. The quantitative estimate of drug-likeness (QED) is 0.511. The normalized spacial score (nSPS) is 9.00. The van der Waals surface area contributed by atoms with Gasteiger partial charge in [0.2, 0.25) is 0 Å². The van der Waals surface area contributed by atoms with Gasteiger partial charge in [-0.3, -0.25) is 0 Å². The maximum Gasteiger partial charge on any atom is 2.00 e. The van der Waals surface area contributed by atoms with E-state index in [0.717, 1.165) is 10.2 Å². The Kier molecular flexibility index (Phi) is 5.20. The first kappa shape index (κ1) is 13.2. The van der Waals surface area contributed by atoms with Crippen molar-refractivity contribution < 1.29 is 17.0 Å². The molecule has 5 heteroatoms. The molecule has 1 heterocycles. The van der Waals surface area contributed by atoms with E-state index in [-0.39, 0.29) is 40.0 Å². The van der Waals surface area contributed by atoms with Gasteiger partial charge in [0.05, 0.1) is 0 Å². The fraction of sp³-hybridized carbons (Fsp3) is 0.125. The van der Waals surface area contributed by atoms with Crippen molar-refractivity contribution >= 4 is 44.6 Å². The Balaban J connectivity index is 0.000000720. The monoisotopic (exact) mass is 266 g/mol. The van der Waals surface area contributed by atoms with Crippen molar-refractivity contribution in [2.75, 3.05) is 0 Å². The molecule has 0 radical (unpaired) electrons. The molecule has 0 spiro atoms. The molecule has 2 nitrogen and oxygen atoms in total. The van der Waals surface area contributed by atoms with Crippen molar-refractivity contribution in [1.29, 1.82) is 0 Å². The van der Waals surface area contributed by atoms with E-state index in [4.69, 9.17) is 0 Å². The Hall–Kier alpha value is 0.156. The van der Waals surface area contributed by atoms with Crippen LogP contribution in [0.4, 0.5) is 0 Å². The summed E-state index contributed by atoms with van der Waals surface area (Å²) in [5.41, 5.74) is 1.08. The number of hydrogen-bond donors (Lipinski definition) is 0. The number of para-hydroxylation sites is 1. The summed E-state index contributed by atoms with van der Waals surface area (Å²) in [4.78, 5) is 0.353. The van der Waals surface area contributed by atoms with Gasteiger partial charge in [0.1, 0.15) is 0 Å². The molecule has 13 heavy (non-hydrogen) atoms. The van der Waals surface area contributed by atoms with Gasteiger partial charge in [0, 0.05) is 4.70 Å². The molecule has 1 aromatic carbocycles. The first-order chi connectivity index (χ1) is 5.29. The van der Waals surface area contributed by atoms with Crippen molar-refractivity contribution in [2.24, 2.45) is 7.05 Å². The molecular weight excluding hydrogens is 260 g/mol. The van der Waals surface area contributed by atoms with E-state index in [1.807, 2.05) is 31.3 Å². The summed E-state index contributed by atoms with van der Waals surface area (Å²) in [6.07, 6.45) is 0. The first-order valence-corrected chi connectivity index (χ1v) is 4.17. The van der Waals surface area contributed by atoms with E-state index in [0.29, 0.717) is 4.80 Å². The van der Waals surface area contributed by atoms with Crippen LogP contribution in [0.15, 0.2) is 24.3 Å². The van der Waals surface area contributed by atoms with Crippen LogP contribution in [0.25, 0.3) is 15.6 Å². The molecule has 0 fully saturated rings. The molecule has 0 aliphatic heterocycles. The van der Waals surface area contributed by atoms with Gasteiger partial charge < -0.3 is 27.0 Å². The van der Waals surface area contributed by atoms with Crippen LogP contribution < -0.4 is 21.8 Å². The smallest absolute Gasteiger partial charge is 1.00 e. The van der Waals surface area contributed by atoms with E-state index in [1.54, 1.807) is 4.57 Å². The van der Waals surface area contributed by atoms with Gasteiger partial charge in [-0.2, -0.15) is 0 Å². The minimum Gasteiger partial charge on any atom is -1.00 e. The van der Waals surface area contributed by atoms with Crippen LogP contribution in [-0.2, 0) is 7.05 Å². The molecule has 0 unspecified atom stereocenters. The second kappa shape index (κ2) is 5.14. The number of fused-ring (bicyclic) bond motifs is 1. The third-order valence-corrected chi connectivity index (χ3v) is 2.74. The maximum atomic E-state index is 9.32. The van der Waals surface area contributed by atoms with Crippen LogP contribution in [0.1, 0.15) is 0 Å². The summed E-state index contributed by atoms with van der Waals surface area (Å²) >= 11 is 1.40. The van der Waals surface area contributed by atoms with E-state index < -0.39 is 0 Å². The summed E-state index contributed by atoms with van der Waals surface area (Å²) in [5, 5.41) is 9.32. The molecule has 0 aliphatic carbocycles. The van der Waals surface area contributed by atoms with Gasteiger partial charge in [-0.1, -0.05) is 25.2 Å².